The summed E-state index contributed by atoms with van der Waals surface area (Å²) in [6.07, 6.45) is 1.83. The Morgan fingerprint density at radius 2 is 2.11 bits per heavy atom. The summed E-state index contributed by atoms with van der Waals surface area (Å²) in [6, 6.07) is 6.82. The number of rotatable bonds is 6. The van der Waals surface area contributed by atoms with Crippen molar-refractivity contribution in [1.82, 2.24) is 5.32 Å². The first-order valence-corrected chi connectivity index (χ1v) is 6.89. The van der Waals surface area contributed by atoms with Crippen LogP contribution in [0.15, 0.2) is 24.3 Å². The van der Waals surface area contributed by atoms with E-state index < -0.39 is 0 Å². The van der Waals surface area contributed by atoms with Crippen LogP contribution in [-0.2, 0) is 9.47 Å². The molecule has 1 fully saturated rings. The maximum Gasteiger partial charge on any atom is 0.129 e. The molecule has 2 rings (SSSR count). The van der Waals surface area contributed by atoms with Crippen LogP contribution in [0.4, 0.5) is 4.39 Å². The molecule has 1 aliphatic heterocycles. The van der Waals surface area contributed by atoms with Gasteiger partial charge in [-0.05, 0) is 31.9 Å². The third kappa shape index (κ3) is 4.27. The SMILES string of the molecule is CNCC(OCC1CCOCC1)c1ccccc1F. The number of ether oxygens (including phenoxy) is 2. The second-order valence-corrected chi connectivity index (χ2v) is 4.96. The highest BCUT2D eigenvalue weighted by Gasteiger charge is 2.19. The summed E-state index contributed by atoms with van der Waals surface area (Å²) in [5, 5.41) is 3.06. The Morgan fingerprint density at radius 1 is 1.37 bits per heavy atom. The van der Waals surface area contributed by atoms with Crippen LogP contribution in [0.2, 0.25) is 0 Å². The van der Waals surface area contributed by atoms with Crippen molar-refractivity contribution in [3.63, 3.8) is 0 Å². The smallest absolute Gasteiger partial charge is 0.129 e. The third-order valence-electron chi connectivity index (χ3n) is 3.52. The van der Waals surface area contributed by atoms with Gasteiger partial charge in [-0.25, -0.2) is 4.39 Å². The molecule has 0 saturated carbocycles. The quantitative estimate of drug-likeness (QED) is 0.859. The van der Waals surface area contributed by atoms with E-state index in [1.807, 2.05) is 13.1 Å². The molecule has 19 heavy (non-hydrogen) atoms. The highest BCUT2D eigenvalue weighted by Crippen LogP contribution is 2.23. The van der Waals surface area contributed by atoms with Crippen LogP contribution < -0.4 is 5.32 Å². The molecular formula is C15H22FNO2. The average Bonchev–Trinajstić information content (AvgIpc) is 2.45. The molecule has 0 aliphatic carbocycles. The van der Waals surface area contributed by atoms with Crippen LogP contribution >= 0.6 is 0 Å². The van der Waals surface area contributed by atoms with Gasteiger partial charge in [0.25, 0.3) is 0 Å². The minimum atomic E-state index is -0.228. The molecule has 106 valence electrons. The van der Waals surface area contributed by atoms with E-state index in [4.69, 9.17) is 9.47 Å². The predicted molar refractivity (Wildman–Crippen MR) is 72.6 cm³/mol. The van der Waals surface area contributed by atoms with E-state index in [2.05, 4.69) is 5.32 Å². The van der Waals surface area contributed by atoms with Gasteiger partial charge >= 0.3 is 0 Å². The van der Waals surface area contributed by atoms with Crippen molar-refractivity contribution in [3.8, 4) is 0 Å². The molecule has 0 radical (unpaired) electrons. The molecule has 0 spiro atoms. The average molecular weight is 267 g/mol. The predicted octanol–water partition coefficient (Wildman–Crippen LogP) is 2.53. The highest BCUT2D eigenvalue weighted by atomic mass is 19.1. The molecule has 1 aromatic carbocycles. The Morgan fingerprint density at radius 3 is 2.79 bits per heavy atom. The summed E-state index contributed by atoms with van der Waals surface area (Å²) in [5.74, 6) is 0.328. The number of halogens is 1. The monoisotopic (exact) mass is 267 g/mol. The first kappa shape index (κ1) is 14.4. The van der Waals surface area contributed by atoms with Crippen molar-refractivity contribution >= 4 is 0 Å². The number of hydrogen-bond acceptors (Lipinski definition) is 3. The minimum Gasteiger partial charge on any atom is -0.381 e. The molecule has 1 N–H and O–H groups in total. The Kier molecular flexibility index (Phi) is 5.76. The zero-order valence-electron chi connectivity index (χ0n) is 11.4. The fraction of sp³-hybridized carbons (Fsp3) is 0.600. The lowest BCUT2D eigenvalue weighted by Gasteiger charge is -2.25. The van der Waals surface area contributed by atoms with E-state index >= 15 is 0 Å². The number of hydrogen-bond donors (Lipinski definition) is 1. The zero-order valence-corrected chi connectivity index (χ0v) is 11.4. The first-order valence-electron chi connectivity index (χ1n) is 6.89. The molecule has 1 saturated heterocycles. The summed E-state index contributed by atoms with van der Waals surface area (Å²) in [5.41, 5.74) is 0.629. The molecule has 4 heteroatoms. The fourth-order valence-corrected chi connectivity index (χ4v) is 2.35. The molecule has 1 unspecified atom stereocenters. The van der Waals surface area contributed by atoms with Gasteiger partial charge in [0.15, 0.2) is 0 Å². The molecule has 1 atom stereocenters. The van der Waals surface area contributed by atoms with Crippen LogP contribution in [-0.4, -0.2) is 33.4 Å². The molecule has 1 aromatic rings. The van der Waals surface area contributed by atoms with Crippen LogP contribution in [0.1, 0.15) is 24.5 Å². The lowest BCUT2D eigenvalue weighted by atomic mass is 10.0. The van der Waals surface area contributed by atoms with Crippen molar-refractivity contribution in [2.75, 3.05) is 33.4 Å². The first-order chi connectivity index (χ1) is 9.31. The lowest BCUT2D eigenvalue weighted by molar-refractivity contribution is -0.0119. The van der Waals surface area contributed by atoms with Crippen molar-refractivity contribution in [2.45, 2.75) is 18.9 Å². The van der Waals surface area contributed by atoms with Crippen molar-refractivity contribution in [3.05, 3.63) is 35.6 Å². The maximum absolute atomic E-state index is 13.8. The summed E-state index contributed by atoms with van der Waals surface area (Å²) in [7, 11) is 1.85. The van der Waals surface area contributed by atoms with E-state index in [0.717, 1.165) is 26.1 Å². The zero-order chi connectivity index (χ0) is 13.5. The lowest BCUT2D eigenvalue weighted by Crippen LogP contribution is -2.25. The summed E-state index contributed by atoms with van der Waals surface area (Å²) < 4.78 is 25.1. The van der Waals surface area contributed by atoms with Gasteiger partial charge in [-0.3, -0.25) is 0 Å². The van der Waals surface area contributed by atoms with Gasteiger partial charge in [0.05, 0.1) is 12.7 Å². The highest BCUT2D eigenvalue weighted by molar-refractivity contribution is 5.20. The standard InChI is InChI=1S/C15H22FNO2/c1-17-10-15(13-4-2-3-5-14(13)16)19-11-12-6-8-18-9-7-12/h2-5,12,15,17H,6-11H2,1H3. The third-order valence-corrected chi connectivity index (χ3v) is 3.52. The van der Waals surface area contributed by atoms with E-state index in [-0.39, 0.29) is 11.9 Å². The van der Waals surface area contributed by atoms with Crippen molar-refractivity contribution < 1.29 is 13.9 Å². The van der Waals surface area contributed by atoms with Gasteiger partial charge in [-0.1, -0.05) is 18.2 Å². The van der Waals surface area contributed by atoms with Gasteiger partial charge in [0, 0.05) is 25.3 Å². The van der Waals surface area contributed by atoms with Gasteiger partial charge < -0.3 is 14.8 Å². The summed E-state index contributed by atoms with van der Waals surface area (Å²) >= 11 is 0. The molecular weight excluding hydrogens is 245 g/mol. The molecule has 0 aromatic heterocycles. The van der Waals surface area contributed by atoms with Crippen LogP contribution in [0.5, 0.6) is 0 Å². The number of benzene rings is 1. The van der Waals surface area contributed by atoms with Crippen molar-refractivity contribution in [1.29, 1.82) is 0 Å². The van der Waals surface area contributed by atoms with E-state index in [0.29, 0.717) is 24.6 Å². The maximum atomic E-state index is 13.8. The molecule has 1 aliphatic rings. The summed E-state index contributed by atoms with van der Waals surface area (Å²) in [4.78, 5) is 0. The Labute approximate surface area is 114 Å². The molecule has 3 nitrogen and oxygen atoms in total. The van der Waals surface area contributed by atoms with E-state index in [9.17, 15) is 4.39 Å². The van der Waals surface area contributed by atoms with Crippen molar-refractivity contribution in [2.24, 2.45) is 5.92 Å². The Balaban J connectivity index is 1.94. The Hall–Kier alpha value is -0.970. The normalized spacial score (nSPS) is 18.4. The number of nitrogens with one attached hydrogen (secondary N) is 1. The van der Waals surface area contributed by atoms with Gasteiger partial charge in [-0.2, -0.15) is 0 Å². The fourth-order valence-electron chi connectivity index (χ4n) is 2.35. The molecule has 0 amide bonds. The van der Waals surface area contributed by atoms with E-state index in [1.54, 1.807) is 12.1 Å². The van der Waals surface area contributed by atoms with Gasteiger partial charge in [0.1, 0.15) is 5.82 Å². The minimum absolute atomic E-state index is 0.199. The summed E-state index contributed by atoms with van der Waals surface area (Å²) in [6.45, 7) is 2.91. The molecule has 1 heterocycles. The van der Waals surface area contributed by atoms with Gasteiger partial charge in [0.2, 0.25) is 0 Å². The van der Waals surface area contributed by atoms with E-state index in [1.165, 1.54) is 6.07 Å². The van der Waals surface area contributed by atoms with Gasteiger partial charge in [-0.15, -0.1) is 0 Å². The number of likely N-dealkylation sites (N-methyl/N-ethyl adjacent to an activating group) is 1. The Bertz CT molecular complexity index is 380. The van der Waals surface area contributed by atoms with Crippen LogP contribution in [0.25, 0.3) is 0 Å². The second kappa shape index (κ2) is 7.58. The topological polar surface area (TPSA) is 30.5 Å². The largest absolute Gasteiger partial charge is 0.381 e. The molecule has 0 bridgehead atoms. The van der Waals surface area contributed by atoms with Crippen LogP contribution in [0, 0.1) is 11.7 Å². The second-order valence-electron chi connectivity index (χ2n) is 4.96. The van der Waals surface area contributed by atoms with Crippen LogP contribution in [0.3, 0.4) is 0 Å².